The van der Waals surface area contributed by atoms with Crippen LogP contribution in [-0.4, -0.2) is 29.2 Å². The number of imidazole rings is 1. The van der Waals surface area contributed by atoms with Crippen LogP contribution >= 0.6 is 12.2 Å². The molecule has 0 unspecified atom stereocenters. The van der Waals surface area contributed by atoms with E-state index in [-0.39, 0.29) is 12.4 Å². The van der Waals surface area contributed by atoms with E-state index in [9.17, 15) is 13.2 Å². The normalized spacial score (nSPS) is 11.6. The van der Waals surface area contributed by atoms with Crippen molar-refractivity contribution in [2.45, 2.75) is 13.0 Å². The molecule has 1 heterocycles. The number of alkyl halides is 2. The van der Waals surface area contributed by atoms with Gasteiger partial charge in [0.15, 0.2) is 4.77 Å². The summed E-state index contributed by atoms with van der Waals surface area (Å²) in [5, 5.41) is 0. The number of fused-ring (bicyclic) bond motifs is 1. The van der Waals surface area contributed by atoms with Gasteiger partial charge in [-0.2, -0.15) is 0 Å². The number of hydrogen-bond donors (Lipinski definition) is 1. The molecular weight excluding hydrogens is 265 g/mol. The van der Waals surface area contributed by atoms with Gasteiger partial charge < -0.3 is 14.3 Å². The summed E-state index contributed by atoms with van der Waals surface area (Å²) in [6.45, 7) is -0.207. The van der Waals surface area contributed by atoms with E-state index in [4.69, 9.17) is 17.0 Å². The lowest BCUT2D eigenvalue weighted by atomic mass is 10.3. The van der Waals surface area contributed by atoms with Crippen molar-refractivity contribution < 1.29 is 17.9 Å². The van der Waals surface area contributed by atoms with Crippen molar-refractivity contribution in [2.24, 2.45) is 0 Å². The zero-order valence-electron chi connectivity index (χ0n) is 9.33. The molecule has 1 aromatic carbocycles. The second-order valence-corrected chi connectivity index (χ2v) is 4.10. The highest BCUT2D eigenvalue weighted by atomic mass is 32.1. The average molecular weight is 276 g/mol. The quantitative estimate of drug-likeness (QED) is 0.671. The Balaban J connectivity index is 2.14. The SMILES string of the molecule is Fc1ccc2[nH]c(=S)n(CCOCC(F)F)c2c1. The first-order chi connectivity index (χ1) is 8.58. The Bertz CT molecular complexity index is 593. The second kappa shape index (κ2) is 5.53. The number of aromatic amines is 1. The van der Waals surface area contributed by atoms with Gasteiger partial charge in [0, 0.05) is 6.54 Å². The topological polar surface area (TPSA) is 29.9 Å². The summed E-state index contributed by atoms with van der Waals surface area (Å²) < 4.78 is 43.7. The molecule has 0 saturated carbocycles. The monoisotopic (exact) mass is 276 g/mol. The molecule has 2 aromatic rings. The largest absolute Gasteiger partial charge is 0.374 e. The number of rotatable bonds is 5. The molecule has 0 amide bonds. The van der Waals surface area contributed by atoms with E-state index in [1.54, 1.807) is 10.6 Å². The van der Waals surface area contributed by atoms with Crippen molar-refractivity contribution in [3.8, 4) is 0 Å². The van der Waals surface area contributed by atoms with E-state index in [0.29, 0.717) is 22.3 Å². The predicted molar refractivity (Wildman–Crippen MR) is 63.9 cm³/mol. The fraction of sp³-hybridized carbons (Fsp3) is 0.364. The molecule has 0 aliphatic heterocycles. The summed E-state index contributed by atoms with van der Waals surface area (Å²) in [5.74, 6) is -0.376. The molecule has 0 bridgehead atoms. The van der Waals surface area contributed by atoms with Crippen LogP contribution in [0, 0.1) is 10.6 Å². The highest BCUT2D eigenvalue weighted by molar-refractivity contribution is 7.71. The first-order valence-corrected chi connectivity index (χ1v) is 5.72. The first-order valence-electron chi connectivity index (χ1n) is 5.32. The maximum absolute atomic E-state index is 13.1. The third kappa shape index (κ3) is 2.91. The number of hydrogen-bond acceptors (Lipinski definition) is 2. The molecule has 0 aliphatic rings. The third-order valence-corrected chi connectivity index (χ3v) is 2.76. The van der Waals surface area contributed by atoms with Gasteiger partial charge in [-0.1, -0.05) is 0 Å². The molecule has 0 spiro atoms. The molecule has 0 saturated heterocycles. The second-order valence-electron chi connectivity index (χ2n) is 3.71. The fourth-order valence-electron chi connectivity index (χ4n) is 1.68. The fourth-order valence-corrected chi connectivity index (χ4v) is 1.98. The summed E-state index contributed by atoms with van der Waals surface area (Å²) in [4.78, 5) is 2.91. The molecule has 0 fully saturated rings. The van der Waals surface area contributed by atoms with Crippen molar-refractivity contribution in [3.63, 3.8) is 0 Å². The number of aromatic nitrogens is 2. The molecule has 18 heavy (non-hydrogen) atoms. The van der Waals surface area contributed by atoms with Gasteiger partial charge in [0.1, 0.15) is 12.4 Å². The van der Waals surface area contributed by atoms with Gasteiger partial charge in [-0.15, -0.1) is 0 Å². The van der Waals surface area contributed by atoms with Crippen molar-refractivity contribution in [1.29, 1.82) is 0 Å². The van der Waals surface area contributed by atoms with Crippen LogP contribution in [0.1, 0.15) is 0 Å². The van der Waals surface area contributed by atoms with E-state index in [2.05, 4.69) is 4.98 Å². The minimum absolute atomic E-state index is 0.0993. The molecule has 1 N–H and O–H groups in total. The molecule has 1 aromatic heterocycles. The van der Waals surface area contributed by atoms with Gasteiger partial charge >= 0.3 is 0 Å². The van der Waals surface area contributed by atoms with E-state index >= 15 is 0 Å². The van der Waals surface area contributed by atoms with Crippen molar-refractivity contribution in [1.82, 2.24) is 9.55 Å². The number of halogens is 3. The van der Waals surface area contributed by atoms with Crippen LogP contribution < -0.4 is 0 Å². The lowest BCUT2D eigenvalue weighted by Crippen LogP contribution is -2.10. The Morgan fingerprint density at radius 3 is 2.89 bits per heavy atom. The predicted octanol–water partition coefficient (Wildman–Crippen LogP) is 3.12. The number of ether oxygens (including phenoxy) is 1. The molecule has 0 atom stereocenters. The van der Waals surface area contributed by atoms with E-state index in [1.807, 2.05) is 0 Å². The number of nitrogens with one attached hydrogen (secondary N) is 1. The standard InChI is InChI=1S/C11H11F3N2OS/c12-7-1-2-8-9(5-7)16(11(18)15-8)3-4-17-6-10(13)14/h1-2,5,10H,3-4,6H2,(H,15,18). The molecule has 98 valence electrons. The van der Waals surface area contributed by atoms with Gasteiger partial charge in [-0.05, 0) is 30.4 Å². The summed E-state index contributed by atoms with van der Waals surface area (Å²) >= 11 is 5.08. The Hall–Kier alpha value is -1.34. The zero-order chi connectivity index (χ0) is 13.1. The van der Waals surface area contributed by atoms with E-state index < -0.39 is 13.0 Å². The van der Waals surface area contributed by atoms with Crippen molar-refractivity contribution in [2.75, 3.05) is 13.2 Å². The van der Waals surface area contributed by atoms with Crippen LogP contribution in [0.5, 0.6) is 0 Å². The zero-order valence-corrected chi connectivity index (χ0v) is 10.1. The highest BCUT2D eigenvalue weighted by Crippen LogP contribution is 2.15. The van der Waals surface area contributed by atoms with Crippen molar-refractivity contribution in [3.05, 3.63) is 28.8 Å². The summed E-state index contributed by atoms with van der Waals surface area (Å²) in [5.41, 5.74) is 1.30. The Labute approximate surface area is 106 Å². The molecular formula is C11H11F3N2OS. The number of benzene rings is 1. The summed E-state index contributed by atoms with van der Waals surface area (Å²) in [6.07, 6.45) is -2.49. The first kappa shape index (κ1) is 13.1. The Morgan fingerprint density at radius 1 is 1.39 bits per heavy atom. The maximum atomic E-state index is 13.1. The smallest absolute Gasteiger partial charge is 0.261 e. The van der Waals surface area contributed by atoms with Gasteiger partial charge in [0.25, 0.3) is 6.43 Å². The Morgan fingerprint density at radius 2 is 2.17 bits per heavy atom. The lowest BCUT2D eigenvalue weighted by molar-refractivity contribution is 0.0149. The lowest BCUT2D eigenvalue weighted by Gasteiger charge is -2.05. The minimum Gasteiger partial charge on any atom is -0.374 e. The third-order valence-electron chi connectivity index (χ3n) is 2.44. The molecule has 7 heteroatoms. The van der Waals surface area contributed by atoms with E-state index in [0.717, 1.165) is 0 Å². The Kier molecular flexibility index (Phi) is 4.03. The molecule has 3 nitrogen and oxygen atoms in total. The van der Waals surface area contributed by atoms with Gasteiger partial charge in [-0.25, -0.2) is 13.2 Å². The maximum Gasteiger partial charge on any atom is 0.261 e. The van der Waals surface area contributed by atoms with Crippen LogP contribution in [0.15, 0.2) is 18.2 Å². The molecule has 0 aliphatic carbocycles. The highest BCUT2D eigenvalue weighted by Gasteiger charge is 2.06. The van der Waals surface area contributed by atoms with Crippen LogP contribution in [0.4, 0.5) is 13.2 Å². The molecule has 2 rings (SSSR count). The van der Waals surface area contributed by atoms with Crippen LogP contribution in [0.3, 0.4) is 0 Å². The number of nitrogens with zero attached hydrogens (tertiary/aromatic N) is 1. The van der Waals surface area contributed by atoms with Crippen LogP contribution in [-0.2, 0) is 11.3 Å². The van der Waals surface area contributed by atoms with Gasteiger partial charge in [0.05, 0.1) is 17.6 Å². The van der Waals surface area contributed by atoms with Crippen LogP contribution in [0.25, 0.3) is 11.0 Å². The van der Waals surface area contributed by atoms with Crippen molar-refractivity contribution >= 4 is 23.3 Å². The minimum atomic E-state index is -2.49. The van der Waals surface area contributed by atoms with Gasteiger partial charge in [0.2, 0.25) is 0 Å². The summed E-state index contributed by atoms with van der Waals surface area (Å²) in [6, 6.07) is 4.25. The molecule has 0 radical (unpaired) electrons. The summed E-state index contributed by atoms with van der Waals surface area (Å²) in [7, 11) is 0. The number of H-pyrrole nitrogens is 1. The average Bonchev–Trinajstić information content (AvgIpc) is 2.60. The van der Waals surface area contributed by atoms with Gasteiger partial charge in [-0.3, -0.25) is 0 Å². The van der Waals surface area contributed by atoms with Crippen LogP contribution in [0.2, 0.25) is 0 Å². The van der Waals surface area contributed by atoms with E-state index in [1.165, 1.54) is 12.1 Å².